The summed E-state index contributed by atoms with van der Waals surface area (Å²) in [6.45, 7) is 14.5. The maximum atomic E-state index is 2.39. The molecule has 0 aliphatic heterocycles. The van der Waals surface area contributed by atoms with Crippen molar-refractivity contribution in [1.29, 1.82) is 0 Å². The highest BCUT2D eigenvalue weighted by Crippen LogP contribution is 2.12. The first-order valence-electron chi connectivity index (χ1n) is 9.39. The standard InChI is InChI=1S/C20H40N/c1-5-9-11-13-15-17-19-21(7-3,8-4)20-18-16-14-12-10-6-2/h11-14H,5-10,15-20H2,1-4H3/q+1/b13-11+,14-12+. The minimum atomic E-state index is 1.24. The third-order valence-electron chi connectivity index (χ3n) is 4.59. The van der Waals surface area contributed by atoms with Crippen LogP contribution in [0.3, 0.4) is 0 Å². The van der Waals surface area contributed by atoms with E-state index in [2.05, 4.69) is 52.0 Å². The van der Waals surface area contributed by atoms with Gasteiger partial charge in [0.1, 0.15) is 0 Å². The second kappa shape index (κ2) is 14.4. The van der Waals surface area contributed by atoms with E-state index >= 15 is 0 Å². The predicted octanol–water partition coefficient (Wildman–Crippen LogP) is 6.12. The molecule has 0 spiro atoms. The van der Waals surface area contributed by atoms with E-state index in [1.807, 2.05) is 0 Å². The van der Waals surface area contributed by atoms with Gasteiger partial charge in [-0.25, -0.2) is 0 Å². The first kappa shape index (κ1) is 20.4. The van der Waals surface area contributed by atoms with Gasteiger partial charge in [0.25, 0.3) is 0 Å². The molecule has 0 bridgehead atoms. The van der Waals surface area contributed by atoms with Crippen LogP contribution in [0.15, 0.2) is 24.3 Å². The third-order valence-corrected chi connectivity index (χ3v) is 4.59. The van der Waals surface area contributed by atoms with Crippen LogP contribution >= 0.6 is 0 Å². The van der Waals surface area contributed by atoms with Crippen molar-refractivity contribution < 1.29 is 4.48 Å². The van der Waals surface area contributed by atoms with E-state index < -0.39 is 0 Å². The molecule has 0 N–H and O–H groups in total. The van der Waals surface area contributed by atoms with Gasteiger partial charge in [0.05, 0.1) is 26.2 Å². The molecular weight excluding hydrogens is 254 g/mol. The zero-order valence-electron chi connectivity index (χ0n) is 15.2. The van der Waals surface area contributed by atoms with Gasteiger partial charge in [-0.1, -0.05) is 51.0 Å². The van der Waals surface area contributed by atoms with Crippen LogP contribution in [0, 0.1) is 0 Å². The van der Waals surface area contributed by atoms with Crippen LogP contribution < -0.4 is 0 Å². The van der Waals surface area contributed by atoms with Crippen molar-refractivity contribution in [3.05, 3.63) is 24.3 Å². The third kappa shape index (κ3) is 10.8. The van der Waals surface area contributed by atoms with Crippen LogP contribution in [0.4, 0.5) is 0 Å². The SMILES string of the molecule is CCC/C=C/CCC[N+](CC)(CC)CCC/C=C/CCC. The molecule has 0 rings (SSSR count). The van der Waals surface area contributed by atoms with Gasteiger partial charge >= 0.3 is 0 Å². The summed E-state index contributed by atoms with van der Waals surface area (Å²) in [5.41, 5.74) is 0. The molecule has 0 amide bonds. The number of unbranched alkanes of at least 4 members (excludes halogenated alkanes) is 4. The Morgan fingerprint density at radius 3 is 1.29 bits per heavy atom. The predicted molar refractivity (Wildman–Crippen MR) is 97.6 cm³/mol. The fraction of sp³-hybridized carbons (Fsp3) is 0.800. The summed E-state index contributed by atoms with van der Waals surface area (Å²) in [5.74, 6) is 0. The molecule has 0 unspecified atom stereocenters. The molecule has 0 aliphatic rings. The Balaban J connectivity index is 3.99. The average molecular weight is 295 g/mol. The minimum absolute atomic E-state index is 1.24. The van der Waals surface area contributed by atoms with Crippen molar-refractivity contribution in [2.45, 2.75) is 79.1 Å². The molecule has 0 aromatic rings. The lowest BCUT2D eigenvalue weighted by molar-refractivity contribution is -0.925. The molecule has 0 aromatic heterocycles. The van der Waals surface area contributed by atoms with E-state index in [1.54, 1.807) is 0 Å². The Labute approximate surface area is 134 Å². The van der Waals surface area contributed by atoms with Crippen LogP contribution in [0.5, 0.6) is 0 Å². The maximum Gasteiger partial charge on any atom is 0.0789 e. The van der Waals surface area contributed by atoms with Crippen molar-refractivity contribution in [1.82, 2.24) is 0 Å². The van der Waals surface area contributed by atoms with Gasteiger partial charge in [-0.3, -0.25) is 0 Å². The highest BCUT2D eigenvalue weighted by atomic mass is 15.3. The Morgan fingerprint density at radius 1 is 0.571 bits per heavy atom. The van der Waals surface area contributed by atoms with Crippen molar-refractivity contribution in [3.63, 3.8) is 0 Å². The Kier molecular flexibility index (Phi) is 14.0. The van der Waals surface area contributed by atoms with E-state index in [9.17, 15) is 0 Å². The van der Waals surface area contributed by atoms with Gasteiger partial charge in [0, 0.05) is 12.8 Å². The number of hydrogen-bond donors (Lipinski definition) is 0. The van der Waals surface area contributed by atoms with E-state index in [0.29, 0.717) is 0 Å². The normalized spacial score (nSPS) is 12.8. The summed E-state index contributed by atoms with van der Waals surface area (Å²) in [6.07, 6.45) is 19.7. The quantitative estimate of drug-likeness (QED) is 0.206. The Hall–Kier alpha value is -0.560. The lowest BCUT2D eigenvalue weighted by Gasteiger charge is -2.37. The highest BCUT2D eigenvalue weighted by Gasteiger charge is 2.21. The van der Waals surface area contributed by atoms with Crippen molar-refractivity contribution in [2.75, 3.05) is 26.2 Å². The van der Waals surface area contributed by atoms with Gasteiger partial charge in [-0.05, 0) is 39.5 Å². The van der Waals surface area contributed by atoms with E-state index in [4.69, 9.17) is 0 Å². The van der Waals surface area contributed by atoms with Gasteiger partial charge in [-0.15, -0.1) is 0 Å². The highest BCUT2D eigenvalue weighted by molar-refractivity contribution is 4.81. The van der Waals surface area contributed by atoms with E-state index in [0.717, 1.165) is 0 Å². The number of quaternary nitrogens is 1. The van der Waals surface area contributed by atoms with Crippen LogP contribution in [0.2, 0.25) is 0 Å². The molecule has 0 heterocycles. The van der Waals surface area contributed by atoms with E-state index in [-0.39, 0.29) is 0 Å². The van der Waals surface area contributed by atoms with Crippen molar-refractivity contribution in [3.8, 4) is 0 Å². The molecule has 0 fully saturated rings. The molecule has 0 atom stereocenters. The van der Waals surface area contributed by atoms with Crippen LogP contribution in [0.25, 0.3) is 0 Å². The summed E-state index contributed by atoms with van der Waals surface area (Å²) in [6, 6.07) is 0. The summed E-state index contributed by atoms with van der Waals surface area (Å²) >= 11 is 0. The Bertz CT molecular complexity index is 237. The van der Waals surface area contributed by atoms with Crippen LogP contribution in [-0.4, -0.2) is 30.7 Å². The first-order valence-corrected chi connectivity index (χ1v) is 9.39. The molecule has 21 heavy (non-hydrogen) atoms. The molecule has 1 heteroatoms. The molecule has 0 saturated heterocycles. The monoisotopic (exact) mass is 294 g/mol. The van der Waals surface area contributed by atoms with Gasteiger partial charge in [-0.2, -0.15) is 0 Å². The number of rotatable bonds is 14. The van der Waals surface area contributed by atoms with Crippen molar-refractivity contribution >= 4 is 0 Å². The summed E-state index contributed by atoms with van der Waals surface area (Å²) in [4.78, 5) is 0. The van der Waals surface area contributed by atoms with Crippen molar-refractivity contribution in [2.24, 2.45) is 0 Å². The molecule has 124 valence electrons. The maximum absolute atomic E-state index is 2.39. The zero-order valence-corrected chi connectivity index (χ0v) is 15.2. The lowest BCUT2D eigenvalue weighted by Crippen LogP contribution is -2.49. The summed E-state index contributed by atoms with van der Waals surface area (Å²) in [7, 11) is 0. The summed E-state index contributed by atoms with van der Waals surface area (Å²) < 4.78 is 1.31. The molecule has 1 nitrogen and oxygen atoms in total. The second-order valence-corrected chi connectivity index (χ2v) is 6.23. The first-order chi connectivity index (χ1) is 10.2. The van der Waals surface area contributed by atoms with Gasteiger partial charge in [0.2, 0.25) is 0 Å². The smallest absolute Gasteiger partial charge is 0.0789 e. The number of hydrogen-bond acceptors (Lipinski definition) is 0. The van der Waals surface area contributed by atoms with Crippen LogP contribution in [0.1, 0.15) is 79.1 Å². The number of nitrogens with zero attached hydrogens (tertiary/aromatic N) is 1. The molecule has 0 aromatic carbocycles. The van der Waals surface area contributed by atoms with Gasteiger partial charge in [0.15, 0.2) is 0 Å². The minimum Gasteiger partial charge on any atom is -0.324 e. The topological polar surface area (TPSA) is 0 Å². The lowest BCUT2D eigenvalue weighted by atomic mass is 10.1. The fourth-order valence-electron chi connectivity index (χ4n) is 2.86. The van der Waals surface area contributed by atoms with E-state index in [1.165, 1.54) is 82.0 Å². The average Bonchev–Trinajstić information content (AvgIpc) is 2.52. The Morgan fingerprint density at radius 2 is 0.952 bits per heavy atom. The summed E-state index contributed by atoms with van der Waals surface area (Å²) in [5, 5.41) is 0. The fourth-order valence-corrected chi connectivity index (χ4v) is 2.86. The zero-order chi connectivity index (χ0) is 15.8. The van der Waals surface area contributed by atoms with Crippen LogP contribution in [-0.2, 0) is 0 Å². The number of allylic oxidation sites excluding steroid dienone is 4. The second-order valence-electron chi connectivity index (χ2n) is 6.23. The molecule has 0 saturated carbocycles. The molecule has 0 radical (unpaired) electrons. The molecule has 0 aliphatic carbocycles. The largest absolute Gasteiger partial charge is 0.324 e. The van der Waals surface area contributed by atoms with Gasteiger partial charge < -0.3 is 4.48 Å². The molecular formula is C20H40N+.